The maximum atomic E-state index is 12.8. The predicted octanol–water partition coefficient (Wildman–Crippen LogP) is 7.01. The Hall–Kier alpha value is -3.61. The Kier molecular flexibility index (Phi) is 7.01. The molecule has 176 valence electrons. The van der Waals surface area contributed by atoms with Gasteiger partial charge in [-0.2, -0.15) is 18.3 Å². The van der Waals surface area contributed by atoms with Gasteiger partial charge in [0.15, 0.2) is 0 Å². The van der Waals surface area contributed by atoms with Crippen LogP contribution in [0.4, 0.5) is 13.2 Å². The van der Waals surface area contributed by atoms with Crippen molar-refractivity contribution in [1.29, 1.82) is 0 Å². The van der Waals surface area contributed by atoms with Crippen LogP contribution in [0.5, 0.6) is 5.75 Å². The Morgan fingerprint density at radius 1 is 0.941 bits per heavy atom. The normalized spacial score (nSPS) is 12.5. The van der Waals surface area contributed by atoms with E-state index in [0.29, 0.717) is 6.61 Å². The SMILES string of the molecule is CCCC(c1ccc(OCc2cccc(-c3ccc(C(F)(F)F)cc3)c2)cc1)c1ncnn1C. The smallest absolute Gasteiger partial charge is 0.416 e. The van der Waals surface area contributed by atoms with E-state index in [0.717, 1.165) is 58.8 Å². The molecule has 3 aromatic carbocycles. The molecule has 7 heteroatoms. The van der Waals surface area contributed by atoms with Gasteiger partial charge in [0, 0.05) is 13.0 Å². The molecule has 0 saturated carbocycles. The first kappa shape index (κ1) is 23.5. The first-order valence-electron chi connectivity index (χ1n) is 11.2. The standard InChI is InChI=1S/C27H26F3N3O/c1-3-5-25(26-31-18-32-33(26)2)21-10-14-24(15-11-21)34-17-19-6-4-7-22(16-19)20-8-12-23(13-9-20)27(28,29)30/h4,6-16,18,25H,3,5,17H2,1-2H3. The van der Waals surface area contributed by atoms with E-state index in [1.165, 1.54) is 12.1 Å². The number of rotatable bonds is 8. The molecular formula is C27H26F3N3O. The maximum Gasteiger partial charge on any atom is 0.416 e. The van der Waals surface area contributed by atoms with E-state index < -0.39 is 11.7 Å². The van der Waals surface area contributed by atoms with Crippen LogP contribution in [0.1, 0.15) is 48.2 Å². The predicted molar refractivity (Wildman–Crippen MR) is 125 cm³/mol. The van der Waals surface area contributed by atoms with Crippen molar-refractivity contribution in [2.45, 2.75) is 38.5 Å². The van der Waals surface area contributed by atoms with Crippen molar-refractivity contribution in [3.63, 3.8) is 0 Å². The maximum absolute atomic E-state index is 12.8. The number of aryl methyl sites for hydroxylation is 1. The summed E-state index contributed by atoms with van der Waals surface area (Å²) in [5, 5.41) is 4.20. The van der Waals surface area contributed by atoms with Crippen molar-refractivity contribution in [3.8, 4) is 16.9 Å². The van der Waals surface area contributed by atoms with Gasteiger partial charge in [-0.05, 0) is 59.0 Å². The van der Waals surface area contributed by atoms with Crippen LogP contribution >= 0.6 is 0 Å². The van der Waals surface area contributed by atoms with Gasteiger partial charge < -0.3 is 4.74 Å². The molecular weight excluding hydrogens is 439 g/mol. The van der Waals surface area contributed by atoms with Gasteiger partial charge >= 0.3 is 6.18 Å². The lowest BCUT2D eigenvalue weighted by molar-refractivity contribution is -0.137. The average Bonchev–Trinajstić information content (AvgIpc) is 3.27. The number of ether oxygens (including phenoxy) is 1. The molecule has 0 saturated heterocycles. The van der Waals surface area contributed by atoms with E-state index >= 15 is 0 Å². The molecule has 1 unspecified atom stereocenters. The Morgan fingerprint density at radius 3 is 2.29 bits per heavy atom. The fourth-order valence-corrected chi connectivity index (χ4v) is 4.01. The molecule has 4 rings (SSSR count). The molecule has 4 aromatic rings. The molecule has 1 atom stereocenters. The molecule has 0 aliphatic heterocycles. The third-order valence-corrected chi connectivity index (χ3v) is 5.80. The van der Waals surface area contributed by atoms with Crippen molar-refractivity contribution in [3.05, 3.63) is 102 Å². The molecule has 0 spiro atoms. The molecule has 4 nitrogen and oxygen atoms in total. The van der Waals surface area contributed by atoms with Crippen LogP contribution in [-0.4, -0.2) is 14.8 Å². The summed E-state index contributed by atoms with van der Waals surface area (Å²) < 4.78 is 46.3. The third kappa shape index (κ3) is 5.47. The number of hydrogen-bond acceptors (Lipinski definition) is 3. The van der Waals surface area contributed by atoms with Gasteiger partial charge in [-0.3, -0.25) is 4.68 Å². The van der Waals surface area contributed by atoms with Gasteiger partial charge in [-0.25, -0.2) is 4.98 Å². The second-order valence-corrected chi connectivity index (χ2v) is 8.22. The van der Waals surface area contributed by atoms with E-state index in [-0.39, 0.29) is 5.92 Å². The molecule has 0 N–H and O–H groups in total. The number of hydrogen-bond donors (Lipinski definition) is 0. The van der Waals surface area contributed by atoms with Crippen LogP contribution in [0.3, 0.4) is 0 Å². The quantitative estimate of drug-likeness (QED) is 0.281. The number of nitrogens with zero attached hydrogens (tertiary/aromatic N) is 3. The van der Waals surface area contributed by atoms with Gasteiger partial charge in [-0.15, -0.1) is 0 Å². The minimum Gasteiger partial charge on any atom is -0.489 e. The molecule has 0 fully saturated rings. The van der Waals surface area contributed by atoms with Gasteiger partial charge in [0.2, 0.25) is 0 Å². The molecule has 0 aliphatic rings. The zero-order valence-corrected chi connectivity index (χ0v) is 19.1. The Balaban J connectivity index is 1.43. The van der Waals surface area contributed by atoms with Crippen molar-refractivity contribution < 1.29 is 17.9 Å². The van der Waals surface area contributed by atoms with Crippen molar-refractivity contribution >= 4 is 0 Å². The minimum absolute atomic E-state index is 0.173. The summed E-state index contributed by atoms with van der Waals surface area (Å²) in [6, 6.07) is 20.8. The van der Waals surface area contributed by atoms with Crippen LogP contribution in [0.2, 0.25) is 0 Å². The van der Waals surface area contributed by atoms with Gasteiger partial charge in [0.05, 0.1) is 5.56 Å². The zero-order valence-electron chi connectivity index (χ0n) is 19.1. The Morgan fingerprint density at radius 2 is 1.68 bits per heavy atom. The second kappa shape index (κ2) is 10.1. The first-order chi connectivity index (χ1) is 16.3. The highest BCUT2D eigenvalue weighted by atomic mass is 19.4. The average molecular weight is 466 g/mol. The van der Waals surface area contributed by atoms with Crippen molar-refractivity contribution in [2.24, 2.45) is 7.05 Å². The fraction of sp³-hybridized carbons (Fsp3) is 0.259. The van der Waals surface area contributed by atoms with Crippen LogP contribution in [0, 0.1) is 0 Å². The van der Waals surface area contributed by atoms with Crippen LogP contribution in [0.15, 0.2) is 79.1 Å². The molecule has 0 bridgehead atoms. The van der Waals surface area contributed by atoms with Crippen molar-refractivity contribution in [2.75, 3.05) is 0 Å². The first-order valence-corrected chi connectivity index (χ1v) is 11.2. The summed E-state index contributed by atoms with van der Waals surface area (Å²) in [5.74, 6) is 1.86. The molecule has 34 heavy (non-hydrogen) atoms. The summed E-state index contributed by atoms with van der Waals surface area (Å²) >= 11 is 0. The highest BCUT2D eigenvalue weighted by Gasteiger charge is 2.30. The molecule has 0 amide bonds. The highest BCUT2D eigenvalue weighted by Crippen LogP contribution is 2.32. The van der Waals surface area contributed by atoms with E-state index in [1.807, 2.05) is 48.1 Å². The van der Waals surface area contributed by atoms with E-state index in [1.54, 1.807) is 6.33 Å². The second-order valence-electron chi connectivity index (χ2n) is 8.22. The lowest BCUT2D eigenvalue weighted by Gasteiger charge is -2.16. The van der Waals surface area contributed by atoms with Crippen LogP contribution < -0.4 is 4.74 Å². The Bertz CT molecular complexity index is 1220. The third-order valence-electron chi connectivity index (χ3n) is 5.80. The van der Waals surface area contributed by atoms with Crippen LogP contribution in [-0.2, 0) is 19.8 Å². The molecule has 0 radical (unpaired) electrons. The number of benzene rings is 3. The van der Waals surface area contributed by atoms with Gasteiger partial charge in [0.1, 0.15) is 24.5 Å². The monoisotopic (exact) mass is 465 g/mol. The van der Waals surface area contributed by atoms with Crippen LogP contribution in [0.25, 0.3) is 11.1 Å². The number of alkyl halides is 3. The van der Waals surface area contributed by atoms with Gasteiger partial charge in [-0.1, -0.05) is 55.8 Å². The van der Waals surface area contributed by atoms with E-state index in [9.17, 15) is 13.2 Å². The minimum atomic E-state index is -4.34. The Labute approximate surface area is 197 Å². The number of aromatic nitrogens is 3. The lowest BCUT2D eigenvalue weighted by Crippen LogP contribution is -2.09. The summed E-state index contributed by atoms with van der Waals surface area (Å²) in [4.78, 5) is 4.42. The summed E-state index contributed by atoms with van der Waals surface area (Å²) in [6.45, 7) is 2.51. The van der Waals surface area contributed by atoms with E-state index in [2.05, 4.69) is 29.1 Å². The fourth-order valence-electron chi connectivity index (χ4n) is 4.01. The molecule has 0 aliphatic carbocycles. The zero-order chi connectivity index (χ0) is 24.1. The summed E-state index contributed by atoms with van der Waals surface area (Å²) in [5.41, 5.74) is 3.01. The van der Waals surface area contributed by atoms with Gasteiger partial charge in [0.25, 0.3) is 0 Å². The van der Waals surface area contributed by atoms with E-state index in [4.69, 9.17) is 4.74 Å². The highest BCUT2D eigenvalue weighted by molar-refractivity contribution is 5.64. The number of halogens is 3. The lowest BCUT2D eigenvalue weighted by atomic mass is 9.93. The largest absolute Gasteiger partial charge is 0.489 e. The topological polar surface area (TPSA) is 39.9 Å². The van der Waals surface area contributed by atoms with Crippen molar-refractivity contribution in [1.82, 2.24) is 14.8 Å². The summed E-state index contributed by atoms with van der Waals surface area (Å²) in [7, 11) is 1.90. The molecule has 1 aromatic heterocycles. The molecule has 1 heterocycles. The summed E-state index contributed by atoms with van der Waals surface area (Å²) in [6.07, 6.45) is -0.753.